The highest BCUT2D eigenvalue weighted by Gasteiger charge is 1.93. The van der Waals surface area contributed by atoms with Gasteiger partial charge in [0, 0.05) is 11.9 Å². The van der Waals surface area contributed by atoms with E-state index in [0.717, 1.165) is 6.42 Å². The van der Waals surface area contributed by atoms with Crippen LogP contribution in [0.5, 0.6) is 0 Å². The Morgan fingerprint density at radius 2 is 1.83 bits per heavy atom. The van der Waals surface area contributed by atoms with Crippen molar-refractivity contribution in [2.24, 2.45) is 10.9 Å². The lowest BCUT2D eigenvalue weighted by atomic mass is 10.1. The van der Waals surface area contributed by atoms with Gasteiger partial charge in [-0.2, -0.15) is 0 Å². The number of hydrogen-bond donors (Lipinski definition) is 0. The number of allylic oxidation sites excluding steroid dienone is 1. The van der Waals surface area contributed by atoms with E-state index >= 15 is 0 Å². The maximum atomic E-state index is 4.25. The molecule has 0 aromatic rings. The molecule has 72 valence electrons. The van der Waals surface area contributed by atoms with Crippen molar-refractivity contribution in [1.29, 1.82) is 0 Å². The molecule has 0 aliphatic heterocycles. The van der Waals surface area contributed by atoms with Gasteiger partial charge in [-0.1, -0.05) is 40.7 Å². The van der Waals surface area contributed by atoms with E-state index in [0.29, 0.717) is 5.92 Å². The molecule has 0 aliphatic rings. The summed E-state index contributed by atoms with van der Waals surface area (Å²) in [5, 5.41) is 0. The topological polar surface area (TPSA) is 12.4 Å². The Bertz CT molecular complexity index is 132. The number of rotatable bonds is 3. The van der Waals surface area contributed by atoms with E-state index in [1.165, 1.54) is 5.71 Å². The van der Waals surface area contributed by atoms with Crippen molar-refractivity contribution < 1.29 is 0 Å². The van der Waals surface area contributed by atoms with Crippen LogP contribution in [0, 0.1) is 5.92 Å². The van der Waals surface area contributed by atoms with E-state index in [9.17, 15) is 0 Å². The molecule has 0 saturated carbocycles. The molecular formula is C11H23N. The Hall–Kier alpha value is -0.590. The summed E-state index contributed by atoms with van der Waals surface area (Å²) in [7, 11) is 0. The summed E-state index contributed by atoms with van der Waals surface area (Å²) in [6, 6.07) is 0. The van der Waals surface area contributed by atoms with Gasteiger partial charge in [0.1, 0.15) is 0 Å². The number of aliphatic imine (C=N–C) groups is 1. The molecule has 0 aliphatic carbocycles. The van der Waals surface area contributed by atoms with E-state index in [2.05, 4.69) is 38.8 Å². The zero-order valence-corrected chi connectivity index (χ0v) is 9.39. The maximum Gasteiger partial charge on any atom is 0.0227 e. The van der Waals surface area contributed by atoms with Crippen LogP contribution >= 0.6 is 0 Å². The van der Waals surface area contributed by atoms with Crippen molar-refractivity contribution in [2.75, 3.05) is 0 Å². The average Bonchev–Trinajstić information content (AvgIpc) is 2.08. The Balaban J connectivity index is 0. The van der Waals surface area contributed by atoms with Crippen molar-refractivity contribution in [3.8, 4) is 0 Å². The molecule has 0 atom stereocenters. The summed E-state index contributed by atoms with van der Waals surface area (Å²) in [4.78, 5) is 4.25. The molecule has 0 N–H and O–H groups in total. The minimum absolute atomic E-state index is 0.571. The highest BCUT2D eigenvalue weighted by Crippen LogP contribution is 1.96. The number of nitrogens with zero attached hydrogens (tertiary/aromatic N) is 1. The van der Waals surface area contributed by atoms with Crippen LogP contribution in [0.15, 0.2) is 17.3 Å². The largest absolute Gasteiger partial charge is 0.266 e. The third-order valence-electron chi connectivity index (χ3n) is 1.45. The van der Waals surface area contributed by atoms with Gasteiger partial charge >= 0.3 is 0 Å². The quantitative estimate of drug-likeness (QED) is 0.565. The fourth-order valence-corrected chi connectivity index (χ4v) is 0.425. The van der Waals surface area contributed by atoms with Crippen molar-refractivity contribution in [1.82, 2.24) is 0 Å². The molecule has 0 radical (unpaired) electrons. The van der Waals surface area contributed by atoms with E-state index in [1.807, 2.05) is 20.0 Å². The van der Waals surface area contributed by atoms with Crippen LogP contribution in [-0.2, 0) is 0 Å². The second kappa shape index (κ2) is 10.4. The van der Waals surface area contributed by atoms with Gasteiger partial charge in [0.15, 0.2) is 0 Å². The van der Waals surface area contributed by atoms with Gasteiger partial charge in [0.05, 0.1) is 0 Å². The molecule has 0 fully saturated rings. The Kier molecular flexibility index (Phi) is 12.1. The first-order valence-corrected chi connectivity index (χ1v) is 4.87. The molecule has 1 heteroatoms. The fourth-order valence-electron chi connectivity index (χ4n) is 0.425. The molecule has 12 heavy (non-hydrogen) atoms. The van der Waals surface area contributed by atoms with Gasteiger partial charge in [-0.05, 0) is 19.3 Å². The molecule has 0 unspecified atom stereocenters. The van der Waals surface area contributed by atoms with Gasteiger partial charge in [-0.25, -0.2) is 0 Å². The van der Waals surface area contributed by atoms with Gasteiger partial charge in [0.2, 0.25) is 0 Å². The first kappa shape index (κ1) is 14.0. The number of hydrogen-bond acceptors (Lipinski definition) is 1. The minimum atomic E-state index is 0.571. The van der Waals surface area contributed by atoms with E-state index in [-0.39, 0.29) is 0 Å². The highest BCUT2D eigenvalue weighted by atomic mass is 14.7. The second-order valence-electron chi connectivity index (χ2n) is 2.72. The second-order valence-corrected chi connectivity index (χ2v) is 2.72. The predicted molar refractivity (Wildman–Crippen MR) is 58.7 cm³/mol. The summed E-state index contributed by atoms with van der Waals surface area (Å²) >= 11 is 0. The third kappa shape index (κ3) is 9.41. The maximum absolute atomic E-state index is 4.25. The Labute approximate surface area is 77.6 Å². The van der Waals surface area contributed by atoms with Crippen molar-refractivity contribution in [3.05, 3.63) is 12.3 Å². The lowest BCUT2D eigenvalue weighted by Gasteiger charge is -1.99. The molecule has 0 saturated heterocycles. The summed E-state index contributed by atoms with van der Waals surface area (Å²) < 4.78 is 0. The molecular weight excluding hydrogens is 146 g/mol. The monoisotopic (exact) mass is 169 g/mol. The molecule has 1 nitrogen and oxygen atoms in total. The fraction of sp³-hybridized carbons (Fsp3) is 0.727. The van der Waals surface area contributed by atoms with Crippen LogP contribution in [0.1, 0.15) is 48.0 Å². The molecule has 0 aromatic heterocycles. The molecule has 0 amide bonds. The molecule has 0 heterocycles. The third-order valence-corrected chi connectivity index (χ3v) is 1.45. The molecule has 0 spiro atoms. The highest BCUT2D eigenvalue weighted by molar-refractivity contribution is 5.84. The van der Waals surface area contributed by atoms with Gasteiger partial charge in [0.25, 0.3) is 0 Å². The Morgan fingerprint density at radius 1 is 1.33 bits per heavy atom. The standard InChI is InChI=1S/C9H17N.C2H6/c1-5-6-7-10-9(4)8(2)3;1-2/h6-8H,5H2,1-4H3;1-2H3/b7-6-,10-9?;. The van der Waals surface area contributed by atoms with Gasteiger partial charge in [-0.3, -0.25) is 4.99 Å². The zero-order valence-electron chi connectivity index (χ0n) is 9.39. The zero-order chi connectivity index (χ0) is 9.98. The lowest BCUT2D eigenvalue weighted by molar-refractivity contribution is 0.878. The normalized spacial score (nSPS) is 11.8. The average molecular weight is 169 g/mol. The summed E-state index contributed by atoms with van der Waals surface area (Å²) in [6.45, 7) is 12.5. The molecule has 0 aromatic carbocycles. The lowest BCUT2D eigenvalue weighted by Crippen LogP contribution is -1.99. The van der Waals surface area contributed by atoms with Crippen LogP contribution < -0.4 is 0 Å². The smallest absolute Gasteiger partial charge is 0.0227 e. The van der Waals surface area contributed by atoms with Crippen LogP contribution in [0.25, 0.3) is 0 Å². The molecule has 0 bridgehead atoms. The van der Waals surface area contributed by atoms with E-state index < -0.39 is 0 Å². The minimum Gasteiger partial charge on any atom is -0.266 e. The van der Waals surface area contributed by atoms with E-state index in [4.69, 9.17) is 0 Å². The SMILES string of the molecule is CC.CC/C=C\N=C(C)C(C)C. The first-order valence-electron chi connectivity index (χ1n) is 4.87. The van der Waals surface area contributed by atoms with Crippen LogP contribution in [0.2, 0.25) is 0 Å². The van der Waals surface area contributed by atoms with Gasteiger partial charge < -0.3 is 0 Å². The van der Waals surface area contributed by atoms with Crippen molar-refractivity contribution >= 4 is 5.71 Å². The first-order chi connectivity index (χ1) is 5.68. The summed E-state index contributed by atoms with van der Waals surface area (Å²) in [5.74, 6) is 0.571. The van der Waals surface area contributed by atoms with E-state index in [1.54, 1.807) is 0 Å². The predicted octanol–water partition coefficient (Wildman–Crippen LogP) is 4.05. The van der Waals surface area contributed by atoms with Gasteiger partial charge in [-0.15, -0.1) is 0 Å². The molecule has 0 rings (SSSR count). The van der Waals surface area contributed by atoms with Crippen LogP contribution in [0.4, 0.5) is 0 Å². The van der Waals surface area contributed by atoms with Crippen molar-refractivity contribution in [3.63, 3.8) is 0 Å². The van der Waals surface area contributed by atoms with Crippen LogP contribution in [-0.4, -0.2) is 5.71 Å². The van der Waals surface area contributed by atoms with Crippen molar-refractivity contribution in [2.45, 2.75) is 48.0 Å². The summed E-state index contributed by atoms with van der Waals surface area (Å²) in [5.41, 5.74) is 1.20. The Morgan fingerprint density at radius 3 is 2.17 bits per heavy atom. The summed E-state index contributed by atoms with van der Waals surface area (Å²) in [6.07, 6.45) is 5.01. The van der Waals surface area contributed by atoms with Crippen LogP contribution in [0.3, 0.4) is 0 Å².